The number of aromatic hydroxyl groups is 1. The maximum atomic E-state index is 12.7. The Labute approximate surface area is 122 Å². The second-order valence-electron chi connectivity index (χ2n) is 6.28. The van der Waals surface area contributed by atoms with Gasteiger partial charge in [-0.1, -0.05) is 0 Å². The van der Waals surface area contributed by atoms with Crippen molar-refractivity contribution in [1.29, 1.82) is 0 Å². The molecule has 0 saturated carbocycles. The highest BCUT2D eigenvalue weighted by molar-refractivity contribution is 6.23. The van der Waals surface area contributed by atoms with E-state index in [9.17, 15) is 14.7 Å². The molecule has 1 aromatic rings. The SMILES string of the molecule is Cc1cc(O)c(N2C(=O)[C@@H]3[C@H](C2=O)[C@H]2CC[C@@H]3O2)cc1C. The fourth-order valence-corrected chi connectivity index (χ4v) is 3.91. The van der Waals surface area contributed by atoms with E-state index in [0.717, 1.165) is 24.0 Å². The van der Waals surface area contributed by atoms with E-state index in [-0.39, 0.29) is 41.6 Å². The third kappa shape index (κ3) is 1.55. The van der Waals surface area contributed by atoms with Gasteiger partial charge in [0.15, 0.2) is 0 Å². The van der Waals surface area contributed by atoms with Gasteiger partial charge in [0.2, 0.25) is 11.8 Å². The van der Waals surface area contributed by atoms with E-state index in [1.165, 1.54) is 4.90 Å². The molecule has 0 unspecified atom stereocenters. The van der Waals surface area contributed by atoms with E-state index in [1.807, 2.05) is 13.8 Å². The van der Waals surface area contributed by atoms with Gasteiger partial charge in [-0.3, -0.25) is 9.59 Å². The molecule has 2 bridgehead atoms. The zero-order valence-electron chi connectivity index (χ0n) is 12.0. The third-order valence-corrected chi connectivity index (χ3v) is 5.12. The minimum absolute atomic E-state index is 0.0203. The summed E-state index contributed by atoms with van der Waals surface area (Å²) in [5.41, 5.74) is 2.18. The van der Waals surface area contributed by atoms with Gasteiger partial charge in [-0.25, -0.2) is 4.90 Å². The molecule has 110 valence electrons. The second kappa shape index (κ2) is 4.07. The average molecular weight is 287 g/mol. The van der Waals surface area contributed by atoms with Crippen molar-refractivity contribution in [2.45, 2.75) is 38.9 Å². The standard InChI is InChI=1S/C16H17NO4/c1-7-5-9(10(18)6-8(7)2)17-15(19)13-11-3-4-12(21-11)14(13)16(17)20/h5-6,11-14,18H,3-4H2,1-2H3/t11-,12+,13-,14+. The van der Waals surface area contributed by atoms with Crippen LogP contribution in [-0.2, 0) is 14.3 Å². The molecule has 5 heteroatoms. The molecule has 3 fully saturated rings. The van der Waals surface area contributed by atoms with Gasteiger partial charge in [0.1, 0.15) is 5.75 Å². The first-order valence-electron chi connectivity index (χ1n) is 7.32. The molecule has 0 spiro atoms. The fraction of sp³-hybridized carbons (Fsp3) is 0.500. The molecular weight excluding hydrogens is 270 g/mol. The number of hydrogen-bond donors (Lipinski definition) is 1. The van der Waals surface area contributed by atoms with Gasteiger partial charge in [-0.2, -0.15) is 0 Å². The maximum Gasteiger partial charge on any atom is 0.240 e. The lowest BCUT2D eigenvalue weighted by Gasteiger charge is -2.19. The Morgan fingerprint density at radius 3 is 2.14 bits per heavy atom. The van der Waals surface area contributed by atoms with Crippen molar-refractivity contribution >= 4 is 17.5 Å². The number of carbonyl (C=O) groups is 2. The minimum Gasteiger partial charge on any atom is -0.506 e. The smallest absolute Gasteiger partial charge is 0.240 e. The molecule has 0 radical (unpaired) electrons. The van der Waals surface area contributed by atoms with Crippen molar-refractivity contribution in [2.24, 2.45) is 11.8 Å². The number of phenolic OH excluding ortho intramolecular Hbond substituents is 1. The number of anilines is 1. The Morgan fingerprint density at radius 2 is 1.57 bits per heavy atom. The normalized spacial score (nSPS) is 33.9. The number of phenols is 1. The average Bonchev–Trinajstić information content (AvgIpc) is 3.09. The Balaban J connectivity index is 1.79. The topological polar surface area (TPSA) is 66.8 Å². The Morgan fingerprint density at radius 1 is 1.05 bits per heavy atom. The molecule has 3 aliphatic heterocycles. The van der Waals surface area contributed by atoms with Crippen LogP contribution in [0.25, 0.3) is 0 Å². The monoisotopic (exact) mass is 287 g/mol. The molecule has 3 saturated heterocycles. The van der Waals surface area contributed by atoms with E-state index in [1.54, 1.807) is 12.1 Å². The summed E-state index contributed by atoms with van der Waals surface area (Å²) < 4.78 is 5.71. The lowest BCUT2D eigenvalue weighted by Crippen LogP contribution is -2.34. The molecule has 1 N–H and O–H groups in total. The number of aryl methyl sites for hydroxylation is 2. The highest BCUT2D eigenvalue weighted by Crippen LogP contribution is 2.50. The zero-order valence-corrected chi connectivity index (χ0v) is 12.0. The van der Waals surface area contributed by atoms with Gasteiger partial charge in [0.05, 0.1) is 29.7 Å². The number of nitrogens with zero attached hydrogens (tertiary/aromatic N) is 1. The van der Waals surface area contributed by atoms with Crippen LogP contribution < -0.4 is 4.90 Å². The Kier molecular flexibility index (Phi) is 2.49. The molecule has 2 amide bonds. The number of rotatable bonds is 1. The number of amides is 2. The lowest BCUT2D eigenvalue weighted by atomic mass is 9.81. The van der Waals surface area contributed by atoms with Crippen LogP contribution in [0.3, 0.4) is 0 Å². The first-order valence-corrected chi connectivity index (χ1v) is 7.32. The second-order valence-corrected chi connectivity index (χ2v) is 6.28. The van der Waals surface area contributed by atoms with Gasteiger partial charge >= 0.3 is 0 Å². The summed E-state index contributed by atoms with van der Waals surface area (Å²) in [6.45, 7) is 3.78. The van der Waals surface area contributed by atoms with Crippen LogP contribution in [0.1, 0.15) is 24.0 Å². The summed E-state index contributed by atoms with van der Waals surface area (Å²) in [6, 6.07) is 3.31. The fourth-order valence-electron chi connectivity index (χ4n) is 3.91. The van der Waals surface area contributed by atoms with Crippen LogP contribution in [-0.4, -0.2) is 29.1 Å². The summed E-state index contributed by atoms with van der Waals surface area (Å²) >= 11 is 0. The van der Waals surface area contributed by atoms with Gasteiger partial charge in [-0.15, -0.1) is 0 Å². The summed E-state index contributed by atoms with van der Waals surface area (Å²) in [6.07, 6.45) is 1.43. The summed E-state index contributed by atoms with van der Waals surface area (Å²) in [5, 5.41) is 10.1. The van der Waals surface area contributed by atoms with Gasteiger partial charge in [0, 0.05) is 0 Å². The molecule has 4 rings (SSSR count). The van der Waals surface area contributed by atoms with Crippen molar-refractivity contribution in [1.82, 2.24) is 0 Å². The van der Waals surface area contributed by atoms with Crippen molar-refractivity contribution in [3.05, 3.63) is 23.3 Å². The first kappa shape index (κ1) is 12.8. The molecule has 21 heavy (non-hydrogen) atoms. The molecule has 0 aliphatic carbocycles. The van der Waals surface area contributed by atoms with E-state index in [4.69, 9.17) is 4.74 Å². The number of benzene rings is 1. The van der Waals surface area contributed by atoms with Crippen LogP contribution in [0.15, 0.2) is 12.1 Å². The van der Waals surface area contributed by atoms with Crippen LogP contribution in [0.2, 0.25) is 0 Å². The highest BCUT2D eigenvalue weighted by atomic mass is 16.5. The summed E-state index contributed by atoms with van der Waals surface area (Å²) in [4.78, 5) is 26.5. The number of hydrogen-bond acceptors (Lipinski definition) is 4. The summed E-state index contributed by atoms with van der Waals surface area (Å²) in [5.74, 6) is -1.20. The number of fused-ring (bicyclic) bond motifs is 5. The number of ether oxygens (including phenoxy) is 1. The first-order chi connectivity index (χ1) is 9.99. The maximum absolute atomic E-state index is 12.7. The number of imide groups is 1. The summed E-state index contributed by atoms with van der Waals surface area (Å²) in [7, 11) is 0. The van der Waals surface area contributed by atoms with E-state index >= 15 is 0 Å². The Bertz CT molecular complexity index is 640. The third-order valence-electron chi connectivity index (χ3n) is 5.12. The quantitative estimate of drug-likeness (QED) is 0.798. The predicted octanol–water partition coefficient (Wildman–Crippen LogP) is 1.68. The minimum atomic E-state index is -0.364. The highest BCUT2D eigenvalue weighted by Gasteiger charge is 2.62. The zero-order chi connectivity index (χ0) is 14.9. The van der Waals surface area contributed by atoms with Crippen LogP contribution in [0, 0.1) is 25.7 Å². The molecule has 3 heterocycles. The number of carbonyl (C=O) groups excluding carboxylic acids is 2. The van der Waals surface area contributed by atoms with E-state index in [0.29, 0.717) is 5.69 Å². The van der Waals surface area contributed by atoms with Gasteiger partial charge in [-0.05, 0) is 49.9 Å². The van der Waals surface area contributed by atoms with Crippen molar-refractivity contribution in [3.8, 4) is 5.75 Å². The van der Waals surface area contributed by atoms with Gasteiger partial charge < -0.3 is 9.84 Å². The van der Waals surface area contributed by atoms with E-state index in [2.05, 4.69) is 0 Å². The predicted molar refractivity (Wildman–Crippen MR) is 74.9 cm³/mol. The molecule has 5 nitrogen and oxygen atoms in total. The Hall–Kier alpha value is -1.88. The van der Waals surface area contributed by atoms with Crippen molar-refractivity contribution in [3.63, 3.8) is 0 Å². The van der Waals surface area contributed by atoms with Crippen LogP contribution in [0.5, 0.6) is 5.75 Å². The van der Waals surface area contributed by atoms with E-state index < -0.39 is 0 Å². The molecule has 0 aromatic heterocycles. The molecular formula is C16H17NO4. The molecule has 1 aromatic carbocycles. The van der Waals surface area contributed by atoms with Crippen molar-refractivity contribution in [2.75, 3.05) is 4.90 Å². The lowest BCUT2D eigenvalue weighted by molar-refractivity contribution is -0.124. The molecule has 3 aliphatic rings. The largest absolute Gasteiger partial charge is 0.506 e. The molecule has 4 atom stereocenters. The van der Waals surface area contributed by atoms with Crippen LogP contribution >= 0.6 is 0 Å². The van der Waals surface area contributed by atoms with Crippen molar-refractivity contribution < 1.29 is 19.4 Å². The van der Waals surface area contributed by atoms with Crippen LogP contribution in [0.4, 0.5) is 5.69 Å². The van der Waals surface area contributed by atoms with Gasteiger partial charge in [0.25, 0.3) is 0 Å².